The van der Waals surface area contributed by atoms with E-state index >= 15 is 0 Å². The molecule has 0 aliphatic carbocycles. The lowest BCUT2D eigenvalue weighted by molar-refractivity contribution is 0.240. The number of carbonyl (C=O) groups excluding carboxylic acids is 1. The molecule has 0 aliphatic rings. The second-order valence-electron chi connectivity index (χ2n) is 5.41. The van der Waals surface area contributed by atoms with Gasteiger partial charge in [-0.2, -0.15) is 5.10 Å². The molecule has 0 spiro atoms. The van der Waals surface area contributed by atoms with Crippen LogP contribution in [0.4, 0.5) is 4.79 Å². The quantitative estimate of drug-likeness (QED) is 0.645. The molecule has 2 aromatic heterocycles. The van der Waals surface area contributed by atoms with Crippen molar-refractivity contribution in [2.24, 2.45) is 0 Å². The van der Waals surface area contributed by atoms with Crippen molar-refractivity contribution in [1.82, 2.24) is 25.8 Å². The van der Waals surface area contributed by atoms with E-state index in [4.69, 9.17) is 0 Å². The van der Waals surface area contributed by atoms with Gasteiger partial charge in [0.25, 0.3) is 0 Å². The molecule has 3 N–H and O–H groups in total. The third-order valence-electron chi connectivity index (χ3n) is 3.51. The maximum absolute atomic E-state index is 11.8. The standard InChI is InChI=1S/C17H19N5OS/c1-12-11-24-16(21-12)7-8-18-17(23)19-10-13-2-4-14(5-3-13)15-6-9-20-22-15/h2-6,9,11H,7-8,10H2,1H3,(H,20,22)(H2,18,19,23). The van der Waals surface area contributed by atoms with E-state index in [1.54, 1.807) is 17.5 Å². The fraction of sp³-hybridized carbons (Fsp3) is 0.235. The lowest BCUT2D eigenvalue weighted by Gasteiger charge is -2.07. The molecule has 1 aromatic carbocycles. The molecule has 7 heteroatoms. The monoisotopic (exact) mass is 341 g/mol. The first-order valence-corrected chi connectivity index (χ1v) is 8.60. The molecule has 0 atom stereocenters. The van der Waals surface area contributed by atoms with Crippen LogP contribution in [0.15, 0.2) is 41.9 Å². The van der Waals surface area contributed by atoms with Crippen molar-refractivity contribution in [3.05, 3.63) is 58.2 Å². The SMILES string of the molecule is Cc1csc(CCNC(=O)NCc2ccc(-c3ccn[nH]3)cc2)n1. The van der Waals surface area contributed by atoms with E-state index in [-0.39, 0.29) is 6.03 Å². The Kier molecular flexibility index (Phi) is 5.22. The number of benzene rings is 1. The van der Waals surface area contributed by atoms with Crippen LogP contribution in [0.3, 0.4) is 0 Å². The van der Waals surface area contributed by atoms with Crippen LogP contribution in [0, 0.1) is 6.92 Å². The zero-order chi connectivity index (χ0) is 16.8. The average Bonchev–Trinajstić information content (AvgIpc) is 3.25. The zero-order valence-corrected chi connectivity index (χ0v) is 14.2. The van der Waals surface area contributed by atoms with Crippen molar-refractivity contribution in [3.8, 4) is 11.3 Å². The molecule has 0 bridgehead atoms. The van der Waals surface area contributed by atoms with E-state index < -0.39 is 0 Å². The number of carbonyl (C=O) groups is 1. The van der Waals surface area contributed by atoms with Gasteiger partial charge < -0.3 is 10.6 Å². The first-order valence-electron chi connectivity index (χ1n) is 7.72. The van der Waals surface area contributed by atoms with Gasteiger partial charge in [0.05, 0.1) is 10.7 Å². The van der Waals surface area contributed by atoms with Crippen LogP contribution in [-0.2, 0) is 13.0 Å². The van der Waals surface area contributed by atoms with Crippen LogP contribution in [0.25, 0.3) is 11.3 Å². The predicted octanol–water partition coefficient (Wildman–Crippen LogP) is 2.88. The second kappa shape index (κ2) is 7.74. The van der Waals surface area contributed by atoms with E-state index in [2.05, 4.69) is 25.8 Å². The summed E-state index contributed by atoms with van der Waals surface area (Å²) >= 11 is 1.62. The van der Waals surface area contributed by atoms with Crippen LogP contribution < -0.4 is 10.6 Å². The van der Waals surface area contributed by atoms with Crippen LogP contribution in [0.5, 0.6) is 0 Å². The Bertz CT molecular complexity index is 780. The summed E-state index contributed by atoms with van der Waals surface area (Å²) in [4.78, 5) is 16.2. The maximum atomic E-state index is 11.8. The highest BCUT2D eigenvalue weighted by molar-refractivity contribution is 7.09. The number of hydrogen-bond donors (Lipinski definition) is 3. The van der Waals surface area contributed by atoms with E-state index in [1.807, 2.05) is 42.6 Å². The third kappa shape index (κ3) is 4.42. The van der Waals surface area contributed by atoms with Crippen molar-refractivity contribution >= 4 is 17.4 Å². The maximum Gasteiger partial charge on any atom is 0.315 e. The Morgan fingerprint density at radius 2 is 2.04 bits per heavy atom. The van der Waals surface area contributed by atoms with Crippen LogP contribution in [0.2, 0.25) is 0 Å². The van der Waals surface area contributed by atoms with E-state index in [0.29, 0.717) is 13.1 Å². The molecule has 0 saturated heterocycles. The number of rotatable bonds is 6. The first kappa shape index (κ1) is 16.2. The van der Waals surface area contributed by atoms with Crippen molar-refractivity contribution in [3.63, 3.8) is 0 Å². The van der Waals surface area contributed by atoms with Crippen molar-refractivity contribution < 1.29 is 4.79 Å². The number of H-pyrrole nitrogens is 1. The Hall–Kier alpha value is -2.67. The summed E-state index contributed by atoms with van der Waals surface area (Å²) in [5, 5.41) is 15.6. The minimum atomic E-state index is -0.166. The molecule has 0 aliphatic heterocycles. The largest absolute Gasteiger partial charge is 0.338 e. The number of aromatic nitrogens is 3. The highest BCUT2D eigenvalue weighted by atomic mass is 32.1. The van der Waals surface area contributed by atoms with Gasteiger partial charge in [-0.3, -0.25) is 5.10 Å². The van der Waals surface area contributed by atoms with Gasteiger partial charge in [-0.1, -0.05) is 24.3 Å². The normalized spacial score (nSPS) is 10.5. The number of aryl methyl sites for hydroxylation is 1. The van der Waals surface area contributed by atoms with Gasteiger partial charge in [-0.15, -0.1) is 11.3 Å². The zero-order valence-electron chi connectivity index (χ0n) is 13.4. The van der Waals surface area contributed by atoms with E-state index in [0.717, 1.165) is 33.9 Å². The van der Waals surface area contributed by atoms with Gasteiger partial charge in [0.1, 0.15) is 0 Å². The van der Waals surface area contributed by atoms with Crippen molar-refractivity contribution in [2.45, 2.75) is 19.9 Å². The third-order valence-corrected chi connectivity index (χ3v) is 4.54. The second-order valence-corrected chi connectivity index (χ2v) is 6.35. The number of nitrogens with one attached hydrogen (secondary N) is 3. The molecule has 0 radical (unpaired) electrons. The van der Waals surface area contributed by atoms with Gasteiger partial charge in [-0.05, 0) is 24.1 Å². The molecule has 24 heavy (non-hydrogen) atoms. The number of urea groups is 1. The summed E-state index contributed by atoms with van der Waals surface area (Å²) in [6, 6.07) is 9.76. The summed E-state index contributed by atoms with van der Waals surface area (Å²) in [5.41, 5.74) is 4.12. The highest BCUT2D eigenvalue weighted by Gasteiger charge is 2.03. The lowest BCUT2D eigenvalue weighted by atomic mass is 10.1. The number of thiazole rings is 1. The molecule has 2 amide bonds. The van der Waals surface area contributed by atoms with Crippen LogP contribution >= 0.6 is 11.3 Å². The Morgan fingerprint density at radius 1 is 1.21 bits per heavy atom. The Balaban J connectivity index is 1.41. The molecule has 0 saturated carbocycles. The Morgan fingerprint density at radius 3 is 2.71 bits per heavy atom. The summed E-state index contributed by atoms with van der Waals surface area (Å²) in [6.45, 7) is 3.04. The lowest BCUT2D eigenvalue weighted by Crippen LogP contribution is -2.36. The average molecular weight is 341 g/mol. The molecule has 2 heterocycles. The summed E-state index contributed by atoms with van der Waals surface area (Å²) < 4.78 is 0. The molecule has 3 rings (SSSR count). The number of amides is 2. The van der Waals surface area contributed by atoms with Gasteiger partial charge in [0.15, 0.2) is 0 Å². The molecular weight excluding hydrogens is 322 g/mol. The summed E-state index contributed by atoms with van der Waals surface area (Å²) in [6.07, 6.45) is 2.48. The minimum absolute atomic E-state index is 0.166. The number of hydrogen-bond acceptors (Lipinski definition) is 4. The van der Waals surface area contributed by atoms with Gasteiger partial charge in [0, 0.05) is 36.8 Å². The predicted molar refractivity (Wildman–Crippen MR) is 94.8 cm³/mol. The van der Waals surface area contributed by atoms with Crippen LogP contribution in [-0.4, -0.2) is 27.8 Å². The summed E-state index contributed by atoms with van der Waals surface area (Å²) in [5.74, 6) is 0. The molecule has 124 valence electrons. The summed E-state index contributed by atoms with van der Waals surface area (Å²) in [7, 11) is 0. The minimum Gasteiger partial charge on any atom is -0.338 e. The molecule has 6 nitrogen and oxygen atoms in total. The molecule has 3 aromatic rings. The van der Waals surface area contributed by atoms with Crippen molar-refractivity contribution in [2.75, 3.05) is 6.54 Å². The highest BCUT2D eigenvalue weighted by Crippen LogP contribution is 2.16. The molecule has 0 unspecified atom stereocenters. The first-order chi connectivity index (χ1) is 11.7. The Labute approximate surface area is 144 Å². The smallest absolute Gasteiger partial charge is 0.315 e. The van der Waals surface area contributed by atoms with E-state index in [1.165, 1.54) is 0 Å². The topological polar surface area (TPSA) is 82.7 Å². The van der Waals surface area contributed by atoms with Gasteiger partial charge >= 0.3 is 6.03 Å². The van der Waals surface area contributed by atoms with E-state index in [9.17, 15) is 4.79 Å². The molecule has 0 fully saturated rings. The molecular formula is C17H19N5OS. The van der Waals surface area contributed by atoms with Crippen molar-refractivity contribution in [1.29, 1.82) is 0 Å². The number of nitrogens with zero attached hydrogens (tertiary/aromatic N) is 2. The van der Waals surface area contributed by atoms with Gasteiger partial charge in [0.2, 0.25) is 0 Å². The number of aromatic amines is 1. The fourth-order valence-corrected chi connectivity index (χ4v) is 3.04. The fourth-order valence-electron chi connectivity index (χ4n) is 2.26. The van der Waals surface area contributed by atoms with Gasteiger partial charge in [-0.25, -0.2) is 9.78 Å². The van der Waals surface area contributed by atoms with Crippen LogP contribution in [0.1, 0.15) is 16.3 Å².